The first-order valence-electron chi connectivity index (χ1n) is 5.87. The fourth-order valence-corrected chi connectivity index (χ4v) is 2.23. The molecule has 2 aliphatic rings. The Bertz CT molecular complexity index is 312. The molecule has 1 saturated carbocycles. The van der Waals surface area contributed by atoms with Gasteiger partial charge in [0.15, 0.2) is 0 Å². The van der Waals surface area contributed by atoms with Crippen LogP contribution in [-0.2, 0) is 9.59 Å². The number of carbonyl (C=O) groups is 2. The number of nitrogens with two attached hydrogens (primary N) is 1. The Morgan fingerprint density at radius 3 is 2.69 bits per heavy atom. The maximum absolute atomic E-state index is 12.0. The highest BCUT2D eigenvalue weighted by Gasteiger charge is 2.48. The van der Waals surface area contributed by atoms with Crippen molar-refractivity contribution < 1.29 is 9.59 Å². The van der Waals surface area contributed by atoms with Crippen LogP contribution in [0.15, 0.2) is 0 Å². The Morgan fingerprint density at radius 2 is 2.12 bits per heavy atom. The van der Waals surface area contributed by atoms with Crippen LogP contribution in [0.5, 0.6) is 0 Å². The standard InChI is InChI=1S/C11H19N3O2/c1-8(15)13-9-3-2-6-14(7-9)10(16)11(12)4-5-11/h9H,2-7,12H2,1H3,(H,13,15). The van der Waals surface area contributed by atoms with Gasteiger partial charge in [0.1, 0.15) is 0 Å². The molecule has 5 nitrogen and oxygen atoms in total. The third kappa shape index (κ3) is 2.35. The molecule has 16 heavy (non-hydrogen) atoms. The van der Waals surface area contributed by atoms with Crippen LogP contribution in [0, 0.1) is 0 Å². The SMILES string of the molecule is CC(=O)NC1CCCN(C(=O)C2(N)CC2)C1. The van der Waals surface area contributed by atoms with E-state index in [1.165, 1.54) is 6.92 Å². The molecule has 1 aliphatic carbocycles. The predicted octanol–water partition coefficient (Wildman–Crippen LogP) is -0.395. The Kier molecular flexibility index (Phi) is 2.88. The number of hydrogen-bond acceptors (Lipinski definition) is 3. The summed E-state index contributed by atoms with van der Waals surface area (Å²) in [4.78, 5) is 24.8. The van der Waals surface area contributed by atoms with E-state index in [2.05, 4.69) is 5.32 Å². The van der Waals surface area contributed by atoms with Gasteiger partial charge in [0.2, 0.25) is 11.8 Å². The van der Waals surface area contributed by atoms with Crippen LogP contribution in [0.1, 0.15) is 32.6 Å². The lowest BCUT2D eigenvalue weighted by atomic mass is 10.0. The number of hydrogen-bond donors (Lipinski definition) is 2. The zero-order valence-corrected chi connectivity index (χ0v) is 9.66. The minimum Gasteiger partial charge on any atom is -0.352 e. The summed E-state index contributed by atoms with van der Waals surface area (Å²) in [6.07, 6.45) is 3.48. The number of rotatable bonds is 2. The maximum Gasteiger partial charge on any atom is 0.242 e. The zero-order chi connectivity index (χ0) is 11.8. The van der Waals surface area contributed by atoms with Gasteiger partial charge in [0.25, 0.3) is 0 Å². The van der Waals surface area contributed by atoms with E-state index in [1.807, 2.05) is 0 Å². The Balaban J connectivity index is 1.91. The van der Waals surface area contributed by atoms with Crippen LogP contribution >= 0.6 is 0 Å². The lowest BCUT2D eigenvalue weighted by Gasteiger charge is -2.34. The molecule has 1 saturated heterocycles. The second kappa shape index (κ2) is 4.05. The van der Waals surface area contributed by atoms with Crippen molar-refractivity contribution in [2.24, 2.45) is 5.73 Å². The van der Waals surface area contributed by atoms with E-state index in [-0.39, 0.29) is 17.9 Å². The molecule has 5 heteroatoms. The van der Waals surface area contributed by atoms with Gasteiger partial charge in [0, 0.05) is 26.1 Å². The van der Waals surface area contributed by atoms with Gasteiger partial charge in [-0.1, -0.05) is 0 Å². The molecular formula is C11H19N3O2. The Labute approximate surface area is 95.3 Å². The van der Waals surface area contributed by atoms with Gasteiger partial charge >= 0.3 is 0 Å². The summed E-state index contributed by atoms with van der Waals surface area (Å²) in [5.74, 6) is 0.0238. The molecule has 0 aromatic heterocycles. The topological polar surface area (TPSA) is 75.4 Å². The number of carbonyl (C=O) groups excluding carboxylic acids is 2. The number of amides is 2. The highest BCUT2D eigenvalue weighted by Crippen LogP contribution is 2.34. The summed E-state index contributed by atoms with van der Waals surface area (Å²) in [6, 6.07) is 0.0950. The van der Waals surface area contributed by atoms with Gasteiger partial charge in [-0.15, -0.1) is 0 Å². The molecule has 3 N–H and O–H groups in total. The Morgan fingerprint density at radius 1 is 1.44 bits per heavy atom. The molecule has 1 atom stereocenters. The molecule has 90 valence electrons. The number of likely N-dealkylation sites (tertiary alicyclic amines) is 1. The van der Waals surface area contributed by atoms with Crippen molar-refractivity contribution in [3.63, 3.8) is 0 Å². The fourth-order valence-electron chi connectivity index (χ4n) is 2.23. The van der Waals surface area contributed by atoms with E-state index in [0.29, 0.717) is 6.54 Å². The third-order valence-electron chi connectivity index (χ3n) is 3.33. The van der Waals surface area contributed by atoms with Crippen molar-refractivity contribution in [2.75, 3.05) is 13.1 Å². The quantitative estimate of drug-likeness (QED) is 0.671. The smallest absolute Gasteiger partial charge is 0.242 e. The molecule has 0 bridgehead atoms. The van der Waals surface area contributed by atoms with Crippen molar-refractivity contribution in [1.82, 2.24) is 10.2 Å². The average Bonchev–Trinajstić information content (AvgIpc) is 2.96. The maximum atomic E-state index is 12.0. The predicted molar refractivity (Wildman–Crippen MR) is 59.6 cm³/mol. The van der Waals surface area contributed by atoms with Gasteiger partial charge in [-0.25, -0.2) is 0 Å². The third-order valence-corrected chi connectivity index (χ3v) is 3.33. The van der Waals surface area contributed by atoms with Crippen molar-refractivity contribution in [3.8, 4) is 0 Å². The zero-order valence-electron chi connectivity index (χ0n) is 9.66. The van der Waals surface area contributed by atoms with Crippen molar-refractivity contribution in [1.29, 1.82) is 0 Å². The molecular weight excluding hydrogens is 206 g/mol. The Hall–Kier alpha value is -1.10. The fraction of sp³-hybridized carbons (Fsp3) is 0.818. The molecule has 0 spiro atoms. The molecule has 1 unspecified atom stereocenters. The molecule has 1 heterocycles. The van der Waals surface area contributed by atoms with Gasteiger partial charge in [-0.05, 0) is 25.7 Å². The second-order valence-corrected chi connectivity index (χ2v) is 4.95. The summed E-state index contributed by atoms with van der Waals surface area (Å²) < 4.78 is 0. The van der Waals surface area contributed by atoms with Crippen molar-refractivity contribution >= 4 is 11.8 Å². The average molecular weight is 225 g/mol. The van der Waals surface area contributed by atoms with E-state index >= 15 is 0 Å². The minimum absolute atomic E-state index is 0.0341. The summed E-state index contributed by atoms with van der Waals surface area (Å²) >= 11 is 0. The lowest BCUT2D eigenvalue weighted by molar-refractivity contribution is -0.135. The van der Waals surface area contributed by atoms with Crippen LogP contribution in [0.4, 0.5) is 0 Å². The van der Waals surface area contributed by atoms with Gasteiger partial charge < -0.3 is 16.0 Å². The summed E-state index contributed by atoms with van der Waals surface area (Å²) in [6.45, 7) is 2.89. The van der Waals surface area contributed by atoms with Crippen molar-refractivity contribution in [3.05, 3.63) is 0 Å². The van der Waals surface area contributed by atoms with Crippen LogP contribution < -0.4 is 11.1 Å². The molecule has 0 radical (unpaired) electrons. The van der Waals surface area contributed by atoms with Gasteiger partial charge in [-0.2, -0.15) is 0 Å². The highest BCUT2D eigenvalue weighted by molar-refractivity contribution is 5.89. The van der Waals surface area contributed by atoms with Crippen LogP contribution in [0.25, 0.3) is 0 Å². The lowest BCUT2D eigenvalue weighted by Crippen LogP contribution is -2.54. The monoisotopic (exact) mass is 225 g/mol. The first kappa shape index (κ1) is 11.4. The minimum atomic E-state index is -0.585. The van der Waals surface area contributed by atoms with E-state index in [9.17, 15) is 9.59 Å². The largest absolute Gasteiger partial charge is 0.352 e. The first-order valence-corrected chi connectivity index (χ1v) is 5.87. The second-order valence-electron chi connectivity index (χ2n) is 4.95. The van der Waals surface area contributed by atoms with E-state index in [4.69, 9.17) is 5.73 Å². The summed E-state index contributed by atoms with van der Waals surface area (Å²) in [5.41, 5.74) is 5.30. The molecule has 0 aromatic rings. The summed E-state index contributed by atoms with van der Waals surface area (Å²) in [7, 11) is 0. The van der Waals surface area contributed by atoms with Gasteiger partial charge in [0.05, 0.1) is 5.54 Å². The number of piperidine rings is 1. The molecule has 2 amide bonds. The molecule has 0 aromatic carbocycles. The van der Waals surface area contributed by atoms with Gasteiger partial charge in [-0.3, -0.25) is 9.59 Å². The highest BCUT2D eigenvalue weighted by atomic mass is 16.2. The number of nitrogens with one attached hydrogen (secondary N) is 1. The van der Waals surface area contributed by atoms with Crippen LogP contribution in [0.2, 0.25) is 0 Å². The van der Waals surface area contributed by atoms with Crippen LogP contribution in [-0.4, -0.2) is 41.4 Å². The van der Waals surface area contributed by atoms with E-state index in [1.54, 1.807) is 4.90 Å². The van der Waals surface area contributed by atoms with Crippen molar-refractivity contribution in [2.45, 2.75) is 44.2 Å². The normalized spacial score (nSPS) is 27.4. The molecule has 1 aliphatic heterocycles. The van der Waals surface area contributed by atoms with Crippen LogP contribution in [0.3, 0.4) is 0 Å². The molecule has 2 rings (SSSR count). The first-order chi connectivity index (χ1) is 7.51. The van der Waals surface area contributed by atoms with E-state index < -0.39 is 5.54 Å². The molecule has 2 fully saturated rings. The van der Waals surface area contributed by atoms with E-state index in [0.717, 1.165) is 32.2 Å². The number of nitrogens with zero attached hydrogens (tertiary/aromatic N) is 1. The summed E-state index contributed by atoms with van der Waals surface area (Å²) in [5, 5.41) is 2.86.